The highest BCUT2D eigenvalue weighted by Crippen LogP contribution is 2.27. The zero-order valence-corrected chi connectivity index (χ0v) is 24.1. The fourth-order valence-electron chi connectivity index (χ4n) is 5.21. The summed E-state index contributed by atoms with van der Waals surface area (Å²) in [6.07, 6.45) is 4.86. The van der Waals surface area contributed by atoms with E-state index < -0.39 is 12.1 Å². The first-order valence-electron chi connectivity index (χ1n) is 14.2. The summed E-state index contributed by atoms with van der Waals surface area (Å²) in [5.41, 5.74) is 0.868. The Morgan fingerprint density at radius 1 is 1.03 bits per heavy atom. The first-order valence-corrected chi connectivity index (χ1v) is 14.2. The minimum atomic E-state index is -1.15. The minimum Gasteiger partial charge on any atom is -0.494 e. The molecule has 2 rings (SSSR count). The maximum Gasteiger partial charge on any atom is 0.405 e. The summed E-state index contributed by atoms with van der Waals surface area (Å²) in [6, 6.07) is 6.71. The van der Waals surface area contributed by atoms with Gasteiger partial charge in [-0.2, -0.15) is 0 Å². The second-order valence-corrected chi connectivity index (χ2v) is 11.9. The lowest BCUT2D eigenvalue weighted by molar-refractivity contribution is -0.135. The molecule has 1 unspecified atom stereocenters. The molecule has 2 atom stereocenters. The van der Waals surface area contributed by atoms with Crippen molar-refractivity contribution < 1.29 is 24.2 Å². The predicted molar refractivity (Wildman–Crippen MR) is 151 cm³/mol. The van der Waals surface area contributed by atoms with E-state index in [1.165, 1.54) is 0 Å². The van der Waals surface area contributed by atoms with Crippen LogP contribution >= 0.6 is 0 Å². The molecule has 0 aromatic heterocycles. The van der Waals surface area contributed by atoms with Crippen LogP contribution in [-0.4, -0.2) is 78.1 Å². The van der Waals surface area contributed by atoms with Gasteiger partial charge in [0.15, 0.2) is 5.78 Å². The second kappa shape index (κ2) is 15.7. The molecule has 0 spiro atoms. The van der Waals surface area contributed by atoms with Crippen LogP contribution < -0.4 is 10.1 Å². The van der Waals surface area contributed by atoms with E-state index in [0.717, 1.165) is 63.1 Å². The van der Waals surface area contributed by atoms with Crippen LogP contribution in [0.5, 0.6) is 5.75 Å². The molecule has 1 fully saturated rings. The lowest BCUT2D eigenvalue weighted by atomic mass is 9.82. The molecule has 38 heavy (non-hydrogen) atoms. The van der Waals surface area contributed by atoms with Crippen LogP contribution in [0.25, 0.3) is 0 Å². The first-order chi connectivity index (χ1) is 18.0. The van der Waals surface area contributed by atoms with Gasteiger partial charge < -0.3 is 20.1 Å². The molecule has 0 aliphatic carbocycles. The van der Waals surface area contributed by atoms with Gasteiger partial charge in [-0.1, -0.05) is 47.5 Å². The number of unbranched alkanes of at least 4 members (excludes halogenated alkanes) is 2. The third-order valence-electron chi connectivity index (χ3n) is 6.95. The predicted octanol–water partition coefficient (Wildman–Crippen LogP) is 5.46. The summed E-state index contributed by atoms with van der Waals surface area (Å²) in [5.74, 6) is 1.07. The first kappa shape index (κ1) is 31.6. The Labute approximate surface area is 229 Å². The highest BCUT2D eigenvalue weighted by atomic mass is 16.5. The normalized spacial score (nSPS) is 16.1. The number of carbonyl (C=O) groups excluding carboxylic acids is 2. The van der Waals surface area contributed by atoms with Crippen LogP contribution in [0.2, 0.25) is 0 Å². The Bertz CT molecular complexity index is 873. The van der Waals surface area contributed by atoms with Crippen molar-refractivity contribution in [3.05, 3.63) is 29.8 Å². The fourth-order valence-corrected chi connectivity index (χ4v) is 5.21. The SMILES string of the molecule is CCCCCC(=O)c1ccc(OCCCN2CCN(C(=O)[C@H](CC(C)CC(C)(C)C)NC(=O)O)CC2)cc1. The number of hydrogen-bond donors (Lipinski definition) is 2. The Morgan fingerprint density at radius 2 is 1.68 bits per heavy atom. The van der Waals surface area contributed by atoms with Gasteiger partial charge in [0.25, 0.3) is 0 Å². The molecule has 0 bridgehead atoms. The van der Waals surface area contributed by atoms with Gasteiger partial charge in [0.1, 0.15) is 11.8 Å². The van der Waals surface area contributed by atoms with Crippen molar-refractivity contribution in [2.75, 3.05) is 39.3 Å². The zero-order chi connectivity index (χ0) is 28.1. The van der Waals surface area contributed by atoms with Crippen LogP contribution in [0, 0.1) is 11.3 Å². The van der Waals surface area contributed by atoms with Gasteiger partial charge in [-0.05, 0) is 61.3 Å². The molecular weight excluding hydrogens is 482 g/mol. The number of carboxylic acid groups (broad SMARTS) is 1. The molecule has 1 heterocycles. The topological polar surface area (TPSA) is 99.2 Å². The van der Waals surface area contributed by atoms with E-state index in [1.54, 1.807) is 4.90 Å². The van der Waals surface area contributed by atoms with Gasteiger partial charge in [0.2, 0.25) is 5.91 Å². The summed E-state index contributed by atoms with van der Waals surface area (Å²) in [4.78, 5) is 40.8. The number of piperazine rings is 1. The molecule has 1 aromatic rings. The molecule has 1 aliphatic rings. The highest BCUT2D eigenvalue weighted by molar-refractivity contribution is 5.96. The van der Waals surface area contributed by atoms with Crippen LogP contribution in [-0.2, 0) is 4.79 Å². The van der Waals surface area contributed by atoms with E-state index in [2.05, 4.69) is 44.8 Å². The number of hydrogen-bond acceptors (Lipinski definition) is 5. The summed E-state index contributed by atoms with van der Waals surface area (Å²) < 4.78 is 5.86. The lowest BCUT2D eigenvalue weighted by Gasteiger charge is -2.37. The Morgan fingerprint density at radius 3 is 2.26 bits per heavy atom. The zero-order valence-electron chi connectivity index (χ0n) is 24.1. The molecule has 214 valence electrons. The van der Waals surface area contributed by atoms with Crippen molar-refractivity contribution in [1.29, 1.82) is 0 Å². The number of carbonyl (C=O) groups is 3. The number of amides is 2. The largest absolute Gasteiger partial charge is 0.494 e. The van der Waals surface area contributed by atoms with Gasteiger partial charge in [0.05, 0.1) is 6.61 Å². The van der Waals surface area contributed by atoms with Gasteiger partial charge in [-0.25, -0.2) is 4.79 Å². The Hall–Kier alpha value is -2.61. The third-order valence-corrected chi connectivity index (χ3v) is 6.95. The van der Waals surface area contributed by atoms with Crippen LogP contribution in [0.1, 0.15) is 89.9 Å². The Balaban J connectivity index is 1.72. The molecule has 0 radical (unpaired) electrons. The van der Waals surface area contributed by atoms with Crippen molar-refractivity contribution in [3.8, 4) is 5.75 Å². The van der Waals surface area contributed by atoms with Crippen LogP contribution in [0.4, 0.5) is 4.79 Å². The standard InChI is InChI=1S/C30H49N3O5/c1-6-7-8-10-27(34)24-11-13-25(14-12-24)38-20-9-15-32-16-18-33(19-17-32)28(35)26(31-29(36)37)21-23(2)22-30(3,4)5/h11-14,23,26,31H,6-10,15-22H2,1-5H3,(H,36,37)/t23?,26-/m0/s1. The van der Waals surface area contributed by atoms with Crippen molar-refractivity contribution in [2.45, 2.75) is 85.6 Å². The fraction of sp³-hybridized carbons (Fsp3) is 0.700. The highest BCUT2D eigenvalue weighted by Gasteiger charge is 2.30. The van der Waals surface area contributed by atoms with Gasteiger partial charge in [-0.3, -0.25) is 14.5 Å². The molecular formula is C30H49N3O5. The maximum atomic E-state index is 13.1. The average Bonchev–Trinajstić information content (AvgIpc) is 2.85. The van der Waals surface area contributed by atoms with E-state index in [-0.39, 0.29) is 23.0 Å². The van der Waals surface area contributed by atoms with E-state index in [0.29, 0.717) is 32.5 Å². The lowest BCUT2D eigenvalue weighted by Crippen LogP contribution is -2.55. The smallest absolute Gasteiger partial charge is 0.405 e. The number of nitrogens with one attached hydrogen (secondary N) is 1. The number of benzene rings is 1. The number of nitrogens with zero attached hydrogens (tertiary/aromatic N) is 2. The monoisotopic (exact) mass is 531 g/mol. The van der Waals surface area contributed by atoms with Crippen LogP contribution in [0.3, 0.4) is 0 Å². The molecule has 2 amide bonds. The number of rotatable bonds is 15. The molecule has 1 aromatic carbocycles. The molecule has 8 heteroatoms. The van der Waals surface area contributed by atoms with Gasteiger partial charge in [0, 0.05) is 44.7 Å². The van der Waals surface area contributed by atoms with E-state index in [1.807, 2.05) is 24.3 Å². The quantitative estimate of drug-likeness (QED) is 0.230. The molecule has 1 aliphatic heterocycles. The maximum absolute atomic E-state index is 13.1. The van der Waals surface area contributed by atoms with E-state index in [9.17, 15) is 19.5 Å². The molecule has 2 N–H and O–H groups in total. The van der Waals surface area contributed by atoms with E-state index >= 15 is 0 Å². The summed E-state index contributed by atoms with van der Waals surface area (Å²) in [6.45, 7) is 14.8. The van der Waals surface area contributed by atoms with Crippen molar-refractivity contribution in [1.82, 2.24) is 15.1 Å². The van der Waals surface area contributed by atoms with Crippen molar-refractivity contribution in [3.63, 3.8) is 0 Å². The summed E-state index contributed by atoms with van der Waals surface area (Å²) in [5, 5.41) is 11.7. The van der Waals surface area contributed by atoms with Gasteiger partial charge in [-0.15, -0.1) is 0 Å². The number of Topliss-reactive ketones (excluding diaryl/α,β-unsaturated/α-hetero) is 1. The summed E-state index contributed by atoms with van der Waals surface area (Å²) >= 11 is 0. The number of ketones is 1. The van der Waals surface area contributed by atoms with Crippen LogP contribution in [0.15, 0.2) is 24.3 Å². The van der Waals surface area contributed by atoms with Crippen molar-refractivity contribution in [2.24, 2.45) is 11.3 Å². The van der Waals surface area contributed by atoms with Gasteiger partial charge >= 0.3 is 6.09 Å². The Kier molecular flexibility index (Phi) is 13.1. The third kappa shape index (κ3) is 11.8. The molecule has 1 saturated heterocycles. The molecule has 0 saturated carbocycles. The summed E-state index contributed by atoms with van der Waals surface area (Å²) in [7, 11) is 0. The minimum absolute atomic E-state index is 0.122. The number of ether oxygens (including phenoxy) is 1. The van der Waals surface area contributed by atoms with E-state index in [4.69, 9.17) is 4.74 Å². The average molecular weight is 532 g/mol. The van der Waals surface area contributed by atoms with Crippen molar-refractivity contribution >= 4 is 17.8 Å². The molecule has 8 nitrogen and oxygen atoms in total. The second-order valence-electron chi connectivity index (χ2n) is 11.9.